The van der Waals surface area contributed by atoms with Gasteiger partial charge < -0.3 is 14.6 Å². The molecule has 9 heteroatoms. The molecule has 0 bridgehead atoms. The molecule has 18 heavy (non-hydrogen) atoms. The summed E-state index contributed by atoms with van der Waals surface area (Å²) in [5, 5.41) is 11.1. The molecule has 1 rings (SSSR count). The van der Waals surface area contributed by atoms with Crippen LogP contribution in [0.3, 0.4) is 0 Å². The largest absolute Gasteiger partial charge is 0.488 e. The van der Waals surface area contributed by atoms with Crippen molar-refractivity contribution >= 4 is 28.1 Å². The van der Waals surface area contributed by atoms with Crippen molar-refractivity contribution in [2.24, 2.45) is 0 Å². The van der Waals surface area contributed by atoms with Crippen molar-refractivity contribution in [2.45, 2.75) is 6.92 Å². The Balaban J connectivity index is 3.19. The van der Waals surface area contributed by atoms with Crippen LogP contribution in [0.4, 0.5) is 9.57 Å². The number of benzene rings is 1. The molecule has 1 aromatic rings. The van der Waals surface area contributed by atoms with Gasteiger partial charge in [-0.1, -0.05) is 3.89 Å². The van der Waals surface area contributed by atoms with Crippen molar-refractivity contribution in [3.05, 3.63) is 23.8 Å². The van der Waals surface area contributed by atoms with Crippen LogP contribution in [0.5, 0.6) is 5.75 Å². The number of nitrogens with one attached hydrogen (secondary N) is 1. The highest BCUT2D eigenvalue weighted by molar-refractivity contribution is 7.81. The van der Waals surface area contributed by atoms with Crippen LogP contribution in [0.15, 0.2) is 18.2 Å². The Morgan fingerprint density at radius 3 is 2.44 bits per heavy atom. The average molecular weight is 277 g/mol. The zero-order valence-corrected chi connectivity index (χ0v) is 9.82. The number of amides is 1. The molecule has 7 nitrogen and oxygen atoms in total. The monoisotopic (exact) mass is 277 g/mol. The fourth-order valence-electron chi connectivity index (χ4n) is 1.17. The van der Waals surface area contributed by atoms with E-state index in [0.717, 1.165) is 18.2 Å². The van der Waals surface area contributed by atoms with E-state index < -0.39 is 33.7 Å². The molecule has 0 aliphatic heterocycles. The van der Waals surface area contributed by atoms with Gasteiger partial charge in [-0.2, -0.15) is 8.42 Å². The molecule has 0 heterocycles. The second-order valence-corrected chi connectivity index (χ2v) is 4.12. The summed E-state index contributed by atoms with van der Waals surface area (Å²) < 4.78 is 36.6. The first kappa shape index (κ1) is 13.9. The molecule has 0 saturated carbocycles. The van der Waals surface area contributed by atoms with Gasteiger partial charge in [0.05, 0.1) is 11.3 Å². The minimum absolute atomic E-state index is 0.0568. The van der Waals surface area contributed by atoms with Crippen LogP contribution in [0.25, 0.3) is 0 Å². The van der Waals surface area contributed by atoms with Crippen LogP contribution >= 0.6 is 0 Å². The van der Waals surface area contributed by atoms with Crippen LogP contribution < -0.4 is 9.50 Å². The van der Waals surface area contributed by atoms with Crippen molar-refractivity contribution in [3.8, 4) is 5.75 Å². The van der Waals surface area contributed by atoms with Gasteiger partial charge in [0, 0.05) is 6.92 Å². The highest BCUT2D eigenvalue weighted by atomic mass is 32.3. The number of hydrogen-bond donors (Lipinski definition) is 2. The van der Waals surface area contributed by atoms with Crippen LogP contribution in [0.2, 0.25) is 0 Å². The molecular formula is C9H8FNO6S. The molecule has 1 amide bonds. The molecule has 98 valence electrons. The molecule has 0 atom stereocenters. The van der Waals surface area contributed by atoms with Crippen molar-refractivity contribution in [3.63, 3.8) is 0 Å². The van der Waals surface area contributed by atoms with Crippen LogP contribution in [-0.4, -0.2) is 25.4 Å². The number of anilines is 1. The predicted molar refractivity (Wildman–Crippen MR) is 58.4 cm³/mol. The van der Waals surface area contributed by atoms with Gasteiger partial charge in [0.25, 0.3) is 0 Å². The smallest absolute Gasteiger partial charge is 0.478 e. The molecule has 0 aromatic heterocycles. The third kappa shape index (κ3) is 4.01. The van der Waals surface area contributed by atoms with Crippen molar-refractivity contribution in [1.29, 1.82) is 0 Å². The number of carbonyl (C=O) groups is 2. The Hall–Kier alpha value is -2.16. The van der Waals surface area contributed by atoms with Gasteiger partial charge in [0.15, 0.2) is 0 Å². The summed E-state index contributed by atoms with van der Waals surface area (Å²) in [5.41, 5.74) is -0.482. The topological polar surface area (TPSA) is 110 Å². The number of rotatable bonds is 4. The Labute approximate surface area is 102 Å². The van der Waals surface area contributed by atoms with Crippen molar-refractivity contribution in [1.82, 2.24) is 0 Å². The standard InChI is InChI=1S/C9H8FNO6S/c1-5(12)11-8-3-2-6(17-18(10,15)16)4-7(8)9(13)14/h2-4H,1H3,(H,11,12)(H,13,14). The van der Waals surface area contributed by atoms with Crippen LogP contribution in [-0.2, 0) is 15.3 Å². The Morgan fingerprint density at radius 1 is 1.39 bits per heavy atom. The molecule has 1 aromatic carbocycles. The summed E-state index contributed by atoms with van der Waals surface area (Å²) in [4.78, 5) is 21.7. The molecule has 2 N–H and O–H groups in total. The summed E-state index contributed by atoms with van der Waals surface area (Å²) in [6.45, 7) is 1.17. The Bertz CT molecular complexity index is 597. The van der Waals surface area contributed by atoms with Crippen LogP contribution in [0.1, 0.15) is 17.3 Å². The molecule has 0 fully saturated rings. The van der Waals surface area contributed by atoms with Gasteiger partial charge in [-0.15, -0.1) is 0 Å². The van der Waals surface area contributed by atoms with E-state index in [1.54, 1.807) is 0 Å². The Kier molecular flexibility index (Phi) is 3.86. The second-order valence-electron chi connectivity index (χ2n) is 3.17. The molecule has 0 radical (unpaired) electrons. The summed E-state index contributed by atoms with van der Waals surface area (Å²) in [7, 11) is -5.24. The van der Waals surface area contributed by atoms with Gasteiger partial charge >= 0.3 is 16.5 Å². The molecule has 0 aliphatic rings. The lowest BCUT2D eigenvalue weighted by molar-refractivity contribution is -0.114. The highest BCUT2D eigenvalue weighted by Crippen LogP contribution is 2.23. The highest BCUT2D eigenvalue weighted by Gasteiger charge is 2.16. The van der Waals surface area contributed by atoms with E-state index in [-0.39, 0.29) is 5.69 Å². The predicted octanol–water partition coefficient (Wildman–Crippen LogP) is 0.936. The number of carboxylic acid groups (broad SMARTS) is 1. The van der Waals surface area contributed by atoms with E-state index in [1.165, 1.54) is 6.92 Å². The SMILES string of the molecule is CC(=O)Nc1ccc(OS(=O)(=O)F)cc1C(=O)O. The van der Waals surface area contributed by atoms with E-state index in [9.17, 15) is 21.9 Å². The molecule has 0 saturated heterocycles. The summed E-state index contributed by atoms with van der Waals surface area (Å²) in [6, 6.07) is 2.88. The van der Waals surface area contributed by atoms with Gasteiger partial charge in [0.1, 0.15) is 5.75 Å². The summed E-state index contributed by atoms with van der Waals surface area (Å²) in [6.07, 6.45) is 0. The molecule has 0 spiro atoms. The molecule has 0 aliphatic carbocycles. The van der Waals surface area contributed by atoms with Crippen LogP contribution in [0, 0.1) is 0 Å². The lowest BCUT2D eigenvalue weighted by atomic mass is 10.1. The maximum atomic E-state index is 12.3. The molecular weight excluding hydrogens is 269 g/mol. The van der Waals surface area contributed by atoms with Gasteiger partial charge in [-0.25, -0.2) is 4.79 Å². The minimum atomic E-state index is -5.24. The van der Waals surface area contributed by atoms with Gasteiger partial charge in [-0.3, -0.25) is 4.79 Å². The lowest BCUT2D eigenvalue weighted by Crippen LogP contribution is -2.11. The zero-order valence-electron chi connectivity index (χ0n) is 9.01. The average Bonchev–Trinajstić information content (AvgIpc) is 2.17. The fraction of sp³-hybridized carbons (Fsp3) is 0.111. The minimum Gasteiger partial charge on any atom is -0.478 e. The third-order valence-electron chi connectivity index (χ3n) is 1.73. The fourth-order valence-corrected chi connectivity index (χ4v) is 1.50. The van der Waals surface area contributed by atoms with Gasteiger partial charge in [0.2, 0.25) is 5.91 Å². The third-order valence-corrected chi connectivity index (χ3v) is 2.12. The second kappa shape index (κ2) is 5.00. The maximum absolute atomic E-state index is 12.3. The summed E-state index contributed by atoms with van der Waals surface area (Å²) in [5.74, 6) is -2.45. The molecule has 0 unspecified atom stereocenters. The maximum Gasteiger partial charge on any atom is 0.488 e. The normalized spacial score (nSPS) is 10.8. The first-order valence-corrected chi connectivity index (χ1v) is 5.79. The number of carbonyl (C=O) groups excluding carboxylic acids is 1. The first-order chi connectivity index (χ1) is 8.19. The summed E-state index contributed by atoms with van der Waals surface area (Å²) >= 11 is 0. The Morgan fingerprint density at radius 2 is 2.00 bits per heavy atom. The van der Waals surface area contributed by atoms with E-state index in [2.05, 4.69) is 9.50 Å². The van der Waals surface area contributed by atoms with Crippen molar-refractivity contribution in [2.75, 3.05) is 5.32 Å². The lowest BCUT2D eigenvalue weighted by Gasteiger charge is -2.08. The number of hydrogen-bond acceptors (Lipinski definition) is 5. The van der Waals surface area contributed by atoms with E-state index in [1.807, 2.05) is 0 Å². The van der Waals surface area contributed by atoms with E-state index in [0.29, 0.717) is 0 Å². The number of aromatic carboxylic acids is 1. The van der Waals surface area contributed by atoms with Gasteiger partial charge in [-0.05, 0) is 18.2 Å². The number of halogens is 1. The van der Waals surface area contributed by atoms with E-state index in [4.69, 9.17) is 5.11 Å². The number of carboxylic acids is 1. The first-order valence-electron chi connectivity index (χ1n) is 4.48. The van der Waals surface area contributed by atoms with E-state index >= 15 is 0 Å². The zero-order chi connectivity index (χ0) is 13.9. The van der Waals surface area contributed by atoms with Crippen molar-refractivity contribution < 1.29 is 31.2 Å². The quantitative estimate of drug-likeness (QED) is 0.792.